The van der Waals surface area contributed by atoms with Gasteiger partial charge < -0.3 is 11.1 Å². The van der Waals surface area contributed by atoms with Crippen molar-refractivity contribution in [2.24, 2.45) is 11.1 Å². The molecule has 4 heteroatoms. The molecular formula is C12H20ClN3. The van der Waals surface area contributed by atoms with Crippen LogP contribution in [0.25, 0.3) is 0 Å². The van der Waals surface area contributed by atoms with Gasteiger partial charge in [-0.25, -0.2) is 0 Å². The average Bonchev–Trinajstić information content (AvgIpc) is 2.14. The van der Waals surface area contributed by atoms with Crippen molar-refractivity contribution in [1.29, 1.82) is 0 Å². The quantitative estimate of drug-likeness (QED) is 0.852. The number of hydrogen-bond donors (Lipinski definition) is 2. The second-order valence-corrected chi connectivity index (χ2v) is 5.67. The van der Waals surface area contributed by atoms with Gasteiger partial charge in [0.05, 0.1) is 10.7 Å². The third-order valence-electron chi connectivity index (χ3n) is 2.20. The normalized spacial score (nSPS) is 13.6. The third-order valence-corrected chi connectivity index (χ3v) is 2.50. The number of nitrogens with two attached hydrogens (primary N) is 1. The van der Waals surface area contributed by atoms with Crippen LogP contribution in [0.1, 0.15) is 27.2 Å². The van der Waals surface area contributed by atoms with Crippen molar-refractivity contribution in [1.82, 2.24) is 4.98 Å². The Bertz CT molecular complexity index is 333. The van der Waals surface area contributed by atoms with Crippen LogP contribution in [0.5, 0.6) is 0 Å². The minimum Gasteiger partial charge on any atom is -0.382 e. The van der Waals surface area contributed by atoms with Crippen molar-refractivity contribution in [3.63, 3.8) is 0 Å². The summed E-state index contributed by atoms with van der Waals surface area (Å²) in [5, 5.41) is 3.87. The zero-order chi connectivity index (χ0) is 12.2. The fourth-order valence-corrected chi connectivity index (χ4v) is 1.80. The molecule has 1 rings (SSSR count). The van der Waals surface area contributed by atoms with Crippen LogP contribution in [0.4, 0.5) is 5.69 Å². The van der Waals surface area contributed by atoms with Gasteiger partial charge >= 0.3 is 0 Å². The van der Waals surface area contributed by atoms with Crippen LogP contribution in [0.3, 0.4) is 0 Å². The molecule has 0 aliphatic heterocycles. The van der Waals surface area contributed by atoms with E-state index in [1.807, 2.05) is 6.07 Å². The van der Waals surface area contributed by atoms with Gasteiger partial charge in [0.1, 0.15) is 0 Å². The van der Waals surface area contributed by atoms with Crippen molar-refractivity contribution in [2.75, 3.05) is 11.9 Å². The zero-order valence-electron chi connectivity index (χ0n) is 10.1. The summed E-state index contributed by atoms with van der Waals surface area (Å²) in [5.41, 5.74) is 7.18. The van der Waals surface area contributed by atoms with Crippen LogP contribution in [-0.4, -0.2) is 17.6 Å². The maximum absolute atomic E-state index is 6.04. The monoisotopic (exact) mass is 241 g/mol. The van der Waals surface area contributed by atoms with Crippen molar-refractivity contribution >= 4 is 17.3 Å². The van der Waals surface area contributed by atoms with Crippen molar-refractivity contribution < 1.29 is 0 Å². The molecule has 0 saturated heterocycles. The number of hydrogen-bond acceptors (Lipinski definition) is 3. The molecule has 3 nitrogen and oxygen atoms in total. The summed E-state index contributed by atoms with van der Waals surface area (Å²) in [6, 6.07) is 1.98. The largest absolute Gasteiger partial charge is 0.382 e. The zero-order valence-corrected chi connectivity index (χ0v) is 10.9. The summed E-state index contributed by atoms with van der Waals surface area (Å²) >= 11 is 5.97. The summed E-state index contributed by atoms with van der Waals surface area (Å²) < 4.78 is 0. The van der Waals surface area contributed by atoms with Crippen LogP contribution in [0.2, 0.25) is 5.02 Å². The first-order valence-electron chi connectivity index (χ1n) is 5.47. The molecule has 0 fully saturated rings. The molecule has 1 unspecified atom stereocenters. The van der Waals surface area contributed by atoms with E-state index in [0.29, 0.717) is 5.02 Å². The molecule has 0 saturated carbocycles. The summed E-state index contributed by atoms with van der Waals surface area (Å²) in [6.45, 7) is 7.28. The first-order valence-corrected chi connectivity index (χ1v) is 5.85. The number of aromatic nitrogens is 1. The number of pyridine rings is 1. The van der Waals surface area contributed by atoms with E-state index >= 15 is 0 Å². The SMILES string of the molecule is CC(C)(C)CC(N)CNc1ccncc1Cl. The molecular weight excluding hydrogens is 222 g/mol. The van der Waals surface area contributed by atoms with E-state index < -0.39 is 0 Å². The van der Waals surface area contributed by atoms with Crippen LogP contribution in [0, 0.1) is 5.41 Å². The van der Waals surface area contributed by atoms with Crippen molar-refractivity contribution in [3.05, 3.63) is 23.5 Å². The van der Waals surface area contributed by atoms with Gasteiger partial charge in [-0.15, -0.1) is 0 Å². The molecule has 90 valence electrons. The molecule has 1 aromatic rings. The van der Waals surface area contributed by atoms with Gasteiger partial charge in [0, 0.05) is 25.0 Å². The standard InChI is InChI=1S/C12H20ClN3/c1-12(2,3)6-9(14)7-16-11-4-5-15-8-10(11)13/h4-5,8-9H,6-7,14H2,1-3H3,(H,15,16). The van der Waals surface area contributed by atoms with E-state index in [1.54, 1.807) is 12.4 Å². The second-order valence-electron chi connectivity index (χ2n) is 5.26. The topological polar surface area (TPSA) is 50.9 Å². The Hall–Kier alpha value is -0.800. The van der Waals surface area contributed by atoms with E-state index in [4.69, 9.17) is 17.3 Å². The van der Waals surface area contributed by atoms with Gasteiger partial charge in [0.2, 0.25) is 0 Å². The van der Waals surface area contributed by atoms with Gasteiger partial charge in [0.15, 0.2) is 0 Å². The summed E-state index contributed by atoms with van der Waals surface area (Å²) in [4.78, 5) is 3.93. The molecule has 0 aromatic carbocycles. The third kappa shape index (κ3) is 4.81. The number of halogens is 1. The molecule has 1 aromatic heterocycles. The molecule has 1 atom stereocenters. The van der Waals surface area contributed by atoms with Gasteiger partial charge in [0.25, 0.3) is 0 Å². The fourth-order valence-electron chi connectivity index (χ4n) is 1.62. The highest BCUT2D eigenvalue weighted by molar-refractivity contribution is 6.33. The summed E-state index contributed by atoms with van der Waals surface area (Å²) in [6.07, 6.45) is 4.31. The van der Waals surface area contributed by atoms with Crippen LogP contribution >= 0.6 is 11.6 Å². The molecule has 1 heterocycles. The lowest BCUT2D eigenvalue weighted by Gasteiger charge is -2.23. The smallest absolute Gasteiger partial charge is 0.0820 e. The highest BCUT2D eigenvalue weighted by atomic mass is 35.5. The summed E-state index contributed by atoms with van der Waals surface area (Å²) in [5.74, 6) is 0. The minimum atomic E-state index is 0.129. The Morgan fingerprint density at radius 1 is 1.50 bits per heavy atom. The van der Waals surface area contributed by atoms with E-state index in [0.717, 1.165) is 18.7 Å². The van der Waals surface area contributed by atoms with Gasteiger partial charge in [-0.3, -0.25) is 4.98 Å². The van der Waals surface area contributed by atoms with Gasteiger partial charge in [-0.1, -0.05) is 32.4 Å². The molecule has 0 bridgehead atoms. The Labute approximate surface area is 102 Å². The second kappa shape index (κ2) is 5.51. The van der Waals surface area contributed by atoms with E-state index in [-0.39, 0.29) is 11.5 Å². The predicted octanol–water partition coefficient (Wildman–Crippen LogP) is 2.91. The number of rotatable bonds is 4. The van der Waals surface area contributed by atoms with E-state index in [1.165, 1.54) is 0 Å². The number of nitrogens with one attached hydrogen (secondary N) is 1. The van der Waals surface area contributed by atoms with Crippen LogP contribution in [-0.2, 0) is 0 Å². The molecule has 0 aliphatic carbocycles. The van der Waals surface area contributed by atoms with Crippen LogP contribution in [0.15, 0.2) is 18.5 Å². The maximum Gasteiger partial charge on any atom is 0.0820 e. The minimum absolute atomic E-state index is 0.129. The maximum atomic E-state index is 6.04. The van der Waals surface area contributed by atoms with Crippen molar-refractivity contribution in [2.45, 2.75) is 33.2 Å². The fraction of sp³-hybridized carbons (Fsp3) is 0.583. The Morgan fingerprint density at radius 2 is 2.19 bits per heavy atom. The highest BCUT2D eigenvalue weighted by Crippen LogP contribution is 2.22. The Kier molecular flexibility index (Phi) is 4.56. The molecule has 0 aliphatic rings. The lowest BCUT2D eigenvalue weighted by Crippen LogP contribution is -2.33. The first-order chi connectivity index (χ1) is 7.38. The molecule has 0 amide bonds. The Morgan fingerprint density at radius 3 is 2.75 bits per heavy atom. The first kappa shape index (κ1) is 13.3. The predicted molar refractivity (Wildman–Crippen MR) is 69.8 cm³/mol. The van der Waals surface area contributed by atoms with E-state index in [2.05, 4.69) is 31.1 Å². The van der Waals surface area contributed by atoms with Crippen molar-refractivity contribution in [3.8, 4) is 0 Å². The van der Waals surface area contributed by atoms with Gasteiger partial charge in [-0.05, 0) is 17.9 Å². The number of anilines is 1. The number of nitrogens with zero attached hydrogens (tertiary/aromatic N) is 1. The van der Waals surface area contributed by atoms with Crippen LogP contribution < -0.4 is 11.1 Å². The molecule has 0 spiro atoms. The average molecular weight is 242 g/mol. The van der Waals surface area contributed by atoms with E-state index in [9.17, 15) is 0 Å². The lowest BCUT2D eigenvalue weighted by molar-refractivity contribution is 0.345. The molecule has 3 N–H and O–H groups in total. The molecule has 16 heavy (non-hydrogen) atoms. The highest BCUT2D eigenvalue weighted by Gasteiger charge is 2.15. The summed E-state index contributed by atoms with van der Waals surface area (Å²) in [7, 11) is 0. The van der Waals surface area contributed by atoms with Gasteiger partial charge in [-0.2, -0.15) is 0 Å². The lowest BCUT2D eigenvalue weighted by atomic mass is 9.88. The Balaban J connectivity index is 2.43. The molecule has 0 radical (unpaired) electrons.